The van der Waals surface area contributed by atoms with Gasteiger partial charge in [-0.1, -0.05) is 6.92 Å². The van der Waals surface area contributed by atoms with Crippen molar-refractivity contribution in [2.75, 3.05) is 6.54 Å². The molecule has 0 bridgehead atoms. The van der Waals surface area contributed by atoms with Crippen molar-refractivity contribution in [1.29, 1.82) is 0 Å². The Morgan fingerprint density at radius 3 is 2.76 bits per heavy atom. The molecular formula is C8H13N3O4S2. The van der Waals surface area contributed by atoms with E-state index in [0.717, 1.165) is 11.3 Å². The Labute approximate surface area is 103 Å². The van der Waals surface area contributed by atoms with Gasteiger partial charge in [-0.3, -0.25) is 0 Å². The maximum absolute atomic E-state index is 11.4. The average molecular weight is 279 g/mol. The third kappa shape index (κ3) is 4.04. The largest absolute Gasteiger partial charge is 0.476 e. The van der Waals surface area contributed by atoms with Crippen LogP contribution in [0.1, 0.15) is 35.4 Å². The van der Waals surface area contributed by atoms with Gasteiger partial charge < -0.3 is 5.11 Å². The number of rotatable bonds is 6. The van der Waals surface area contributed by atoms with Gasteiger partial charge in [0, 0.05) is 11.9 Å². The predicted molar refractivity (Wildman–Crippen MR) is 63.2 cm³/mol. The lowest BCUT2D eigenvalue weighted by molar-refractivity contribution is 0.0691. The Kier molecular flexibility index (Phi) is 4.57. The lowest BCUT2D eigenvalue weighted by Crippen LogP contribution is -2.37. The highest BCUT2D eigenvalue weighted by atomic mass is 32.2. The molecule has 1 rings (SSSR count). The van der Waals surface area contributed by atoms with E-state index in [1.807, 2.05) is 0 Å². The quantitative estimate of drug-likeness (QED) is 0.696. The summed E-state index contributed by atoms with van der Waals surface area (Å²) in [5, 5.41) is 10.5. The minimum absolute atomic E-state index is 0.0838. The first-order chi connectivity index (χ1) is 7.85. The summed E-state index contributed by atoms with van der Waals surface area (Å²) in [6.45, 7) is 3.54. The summed E-state index contributed by atoms with van der Waals surface area (Å²) >= 11 is 1.10. The number of thiazole rings is 1. The molecule has 17 heavy (non-hydrogen) atoms. The molecule has 0 amide bonds. The van der Waals surface area contributed by atoms with Gasteiger partial charge in [-0.05, 0) is 6.92 Å². The highest BCUT2D eigenvalue weighted by Gasteiger charge is 2.18. The fourth-order valence-electron chi connectivity index (χ4n) is 1.10. The van der Waals surface area contributed by atoms with Gasteiger partial charge >= 0.3 is 5.97 Å². The Morgan fingerprint density at radius 1 is 1.65 bits per heavy atom. The average Bonchev–Trinajstić information content (AvgIpc) is 2.64. The summed E-state index contributed by atoms with van der Waals surface area (Å²) in [6, 6.07) is -0.572. The van der Waals surface area contributed by atoms with Gasteiger partial charge in [0.15, 0.2) is 5.69 Å². The second kappa shape index (κ2) is 5.54. The van der Waals surface area contributed by atoms with Crippen LogP contribution >= 0.6 is 11.3 Å². The number of carboxylic acids is 1. The molecular weight excluding hydrogens is 266 g/mol. The van der Waals surface area contributed by atoms with E-state index in [-0.39, 0.29) is 12.2 Å². The summed E-state index contributed by atoms with van der Waals surface area (Å²) in [7, 11) is -3.57. The zero-order valence-electron chi connectivity index (χ0n) is 9.30. The number of nitrogens with one attached hydrogen (secondary N) is 2. The molecule has 0 radical (unpaired) electrons. The first kappa shape index (κ1) is 14.0. The highest BCUT2D eigenvalue weighted by Crippen LogP contribution is 2.18. The number of nitrogens with zero attached hydrogens (tertiary/aromatic N) is 1. The topological polar surface area (TPSA) is 108 Å². The normalized spacial score (nSPS) is 13.5. The van der Waals surface area contributed by atoms with Crippen LogP contribution in [0.4, 0.5) is 0 Å². The van der Waals surface area contributed by atoms with Crippen molar-refractivity contribution in [2.45, 2.75) is 19.9 Å². The molecule has 0 aliphatic rings. The lowest BCUT2D eigenvalue weighted by atomic mass is 10.4. The van der Waals surface area contributed by atoms with Crippen LogP contribution in [0.25, 0.3) is 0 Å². The Balaban J connectivity index is 2.76. The van der Waals surface area contributed by atoms with Crippen LogP contribution < -0.4 is 9.44 Å². The first-order valence-corrected chi connectivity index (χ1v) is 7.17. The summed E-state index contributed by atoms with van der Waals surface area (Å²) in [5.41, 5.74) is -0.0838. The van der Waals surface area contributed by atoms with E-state index in [0.29, 0.717) is 5.01 Å². The lowest BCUT2D eigenvalue weighted by Gasteiger charge is -2.11. The van der Waals surface area contributed by atoms with E-state index in [4.69, 9.17) is 5.11 Å². The Morgan fingerprint density at radius 2 is 2.29 bits per heavy atom. The summed E-state index contributed by atoms with van der Waals surface area (Å²) in [5.74, 6) is -1.13. The zero-order valence-corrected chi connectivity index (χ0v) is 10.9. The van der Waals surface area contributed by atoms with Crippen LogP contribution in [0, 0.1) is 0 Å². The second-order valence-electron chi connectivity index (χ2n) is 3.22. The minimum Gasteiger partial charge on any atom is -0.476 e. The minimum atomic E-state index is -3.57. The van der Waals surface area contributed by atoms with Gasteiger partial charge in [-0.2, -0.15) is 13.1 Å². The molecule has 0 fully saturated rings. The van der Waals surface area contributed by atoms with Crippen molar-refractivity contribution in [1.82, 2.24) is 14.4 Å². The van der Waals surface area contributed by atoms with E-state index >= 15 is 0 Å². The summed E-state index contributed by atoms with van der Waals surface area (Å²) in [6.07, 6.45) is 0. The highest BCUT2D eigenvalue weighted by molar-refractivity contribution is 7.87. The van der Waals surface area contributed by atoms with Crippen molar-refractivity contribution in [3.05, 3.63) is 16.1 Å². The SMILES string of the molecule is CCNS(=O)(=O)NC(C)c1nc(C(=O)O)cs1. The van der Waals surface area contributed by atoms with Gasteiger partial charge in [-0.25, -0.2) is 14.5 Å². The zero-order chi connectivity index (χ0) is 13.1. The molecule has 7 nitrogen and oxygen atoms in total. The van der Waals surface area contributed by atoms with E-state index in [1.165, 1.54) is 5.38 Å². The second-order valence-corrected chi connectivity index (χ2v) is 5.64. The van der Waals surface area contributed by atoms with E-state index < -0.39 is 22.2 Å². The van der Waals surface area contributed by atoms with Crippen LogP contribution in [-0.2, 0) is 10.2 Å². The monoisotopic (exact) mass is 279 g/mol. The molecule has 96 valence electrons. The van der Waals surface area contributed by atoms with Crippen molar-refractivity contribution >= 4 is 27.5 Å². The molecule has 0 aliphatic heterocycles. The standard InChI is InChI=1S/C8H13N3O4S2/c1-3-9-17(14,15)11-5(2)7-10-6(4-16-7)8(12)13/h4-5,9,11H,3H2,1-2H3,(H,12,13). The molecule has 0 saturated carbocycles. The third-order valence-electron chi connectivity index (χ3n) is 1.78. The molecule has 0 saturated heterocycles. The van der Waals surface area contributed by atoms with Gasteiger partial charge in [0.1, 0.15) is 5.01 Å². The van der Waals surface area contributed by atoms with Gasteiger partial charge in [-0.15, -0.1) is 11.3 Å². The molecule has 3 N–H and O–H groups in total. The van der Waals surface area contributed by atoms with E-state index in [2.05, 4.69) is 14.4 Å². The molecule has 1 unspecified atom stereocenters. The van der Waals surface area contributed by atoms with Crippen molar-refractivity contribution in [3.8, 4) is 0 Å². The van der Waals surface area contributed by atoms with Crippen molar-refractivity contribution < 1.29 is 18.3 Å². The molecule has 0 aromatic carbocycles. The van der Waals surface area contributed by atoms with E-state index in [1.54, 1.807) is 13.8 Å². The molecule has 1 atom stereocenters. The molecule has 1 aromatic heterocycles. The number of hydrogen-bond donors (Lipinski definition) is 3. The Hall–Kier alpha value is -1.03. The van der Waals surface area contributed by atoms with Crippen LogP contribution in [0.3, 0.4) is 0 Å². The van der Waals surface area contributed by atoms with E-state index in [9.17, 15) is 13.2 Å². The number of aromatic nitrogens is 1. The number of hydrogen-bond acceptors (Lipinski definition) is 5. The van der Waals surface area contributed by atoms with Crippen molar-refractivity contribution in [3.63, 3.8) is 0 Å². The maximum atomic E-state index is 11.4. The van der Waals surface area contributed by atoms with Crippen LogP contribution in [0.5, 0.6) is 0 Å². The fraction of sp³-hybridized carbons (Fsp3) is 0.500. The molecule has 9 heteroatoms. The van der Waals surface area contributed by atoms with Crippen LogP contribution in [0.15, 0.2) is 5.38 Å². The summed E-state index contributed by atoms with van der Waals surface area (Å²) in [4.78, 5) is 14.4. The number of carbonyl (C=O) groups is 1. The molecule has 1 aromatic rings. The number of carboxylic acid groups (broad SMARTS) is 1. The Bertz CT molecular complexity index is 497. The van der Waals surface area contributed by atoms with Crippen LogP contribution in [0.2, 0.25) is 0 Å². The predicted octanol–water partition coefficient (Wildman–Crippen LogP) is 0.346. The third-order valence-corrected chi connectivity index (χ3v) is 4.14. The first-order valence-electron chi connectivity index (χ1n) is 4.81. The van der Waals surface area contributed by atoms with Gasteiger partial charge in [0.25, 0.3) is 10.2 Å². The van der Waals surface area contributed by atoms with Crippen molar-refractivity contribution in [2.24, 2.45) is 0 Å². The molecule has 1 heterocycles. The van der Waals surface area contributed by atoms with Crippen LogP contribution in [-0.4, -0.2) is 31.0 Å². The van der Waals surface area contributed by atoms with Gasteiger partial charge in [0.2, 0.25) is 0 Å². The number of aromatic carboxylic acids is 1. The fourth-order valence-corrected chi connectivity index (χ4v) is 3.01. The van der Waals surface area contributed by atoms with Gasteiger partial charge in [0.05, 0.1) is 6.04 Å². The molecule has 0 spiro atoms. The summed E-state index contributed by atoms with van der Waals surface area (Å²) < 4.78 is 27.4. The maximum Gasteiger partial charge on any atom is 0.355 e. The smallest absolute Gasteiger partial charge is 0.355 e. The molecule has 0 aliphatic carbocycles.